The lowest BCUT2D eigenvalue weighted by molar-refractivity contribution is -0.0982. The predicted molar refractivity (Wildman–Crippen MR) is 112 cm³/mol. The molecule has 160 valence electrons. The molecule has 1 saturated heterocycles. The number of nitrogens with zero attached hydrogens (tertiary/aromatic N) is 6. The lowest BCUT2D eigenvalue weighted by Crippen LogP contribution is -2.45. The van der Waals surface area contributed by atoms with Gasteiger partial charge in [0.25, 0.3) is 0 Å². The summed E-state index contributed by atoms with van der Waals surface area (Å²) in [6.07, 6.45) is 6.96. The van der Waals surface area contributed by atoms with Crippen molar-refractivity contribution in [3.8, 4) is 0 Å². The van der Waals surface area contributed by atoms with Crippen molar-refractivity contribution in [1.29, 1.82) is 0 Å². The summed E-state index contributed by atoms with van der Waals surface area (Å²) in [5.41, 5.74) is 2.35. The van der Waals surface area contributed by atoms with E-state index in [1.807, 2.05) is 24.5 Å². The molecule has 5 heterocycles. The lowest BCUT2D eigenvalue weighted by atomic mass is 9.82. The van der Waals surface area contributed by atoms with Gasteiger partial charge in [-0.3, -0.25) is 4.90 Å². The number of aryl methyl sites for hydroxylation is 2. The van der Waals surface area contributed by atoms with Gasteiger partial charge in [0.15, 0.2) is 0 Å². The Hall–Kier alpha value is -2.10. The summed E-state index contributed by atoms with van der Waals surface area (Å²) in [7, 11) is 0. The molecule has 1 fully saturated rings. The van der Waals surface area contributed by atoms with E-state index in [2.05, 4.69) is 38.4 Å². The van der Waals surface area contributed by atoms with Crippen molar-refractivity contribution < 1.29 is 9.15 Å². The molecule has 0 radical (unpaired) electrons. The molecule has 2 aliphatic rings. The lowest BCUT2D eigenvalue weighted by Gasteiger charge is -2.44. The molecule has 0 N–H and O–H groups in total. The van der Waals surface area contributed by atoms with Crippen LogP contribution in [0.25, 0.3) is 0 Å². The van der Waals surface area contributed by atoms with Crippen molar-refractivity contribution in [1.82, 2.24) is 30.1 Å². The number of piperidine rings is 1. The van der Waals surface area contributed by atoms with E-state index < -0.39 is 0 Å². The maximum Gasteiger partial charge on any atom is 0.237 e. The Balaban J connectivity index is 1.20. The van der Waals surface area contributed by atoms with Crippen molar-refractivity contribution in [2.45, 2.75) is 64.6 Å². The highest BCUT2D eigenvalue weighted by molar-refractivity contribution is 7.12. The van der Waals surface area contributed by atoms with Gasteiger partial charge in [-0.05, 0) is 30.9 Å². The largest absolute Gasteiger partial charge is 0.423 e. The molecule has 3 aromatic heterocycles. The minimum atomic E-state index is -0.0828. The van der Waals surface area contributed by atoms with Crippen LogP contribution in [0.5, 0.6) is 0 Å². The standard InChI is InChI=1S/C21H28N6O2S/c1-3-16-11-17-18(30-16)5-10-28-21(17)6-8-26(9-7-21)12-15-13-27(25-22-15)14-20-24-23-19(4-2)29-20/h11,13H,3-10,12,14H2,1-2H3. The molecule has 0 saturated carbocycles. The Morgan fingerprint density at radius 2 is 1.90 bits per heavy atom. The second kappa shape index (κ2) is 8.20. The van der Waals surface area contributed by atoms with Crippen molar-refractivity contribution in [2.75, 3.05) is 19.7 Å². The molecule has 9 heteroatoms. The number of hydrogen-bond donors (Lipinski definition) is 0. The monoisotopic (exact) mass is 428 g/mol. The number of fused-ring (bicyclic) bond motifs is 2. The molecule has 5 rings (SSSR count). The molecule has 0 bridgehead atoms. The Morgan fingerprint density at radius 3 is 2.67 bits per heavy atom. The minimum Gasteiger partial charge on any atom is -0.423 e. The van der Waals surface area contributed by atoms with Gasteiger partial charge < -0.3 is 9.15 Å². The highest BCUT2D eigenvalue weighted by atomic mass is 32.1. The fourth-order valence-electron chi connectivity index (χ4n) is 4.48. The van der Waals surface area contributed by atoms with Crippen LogP contribution in [0.4, 0.5) is 0 Å². The van der Waals surface area contributed by atoms with E-state index >= 15 is 0 Å². The highest BCUT2D eigenvalue weighted by Gasteiger charge is 2.41. The van der Waals surface area contributed by atoms with E-state index in [9.17, 15) is 0 Å². The van der Waals surface area contributed by atoms with Gasteiger partial charge in [-0.15, -0.1) is 26.6 Å². The Morgan fingerprint density at radius 1 is 1.07 bits per heavy atom. The average molecular weight is 429 g/mol. The van der Waals surface area contributed by atoms with E-state index in [0.29, 0.717) is 18.3 Å². The summed E-state index contributed by atoms with van der Waals surface area (Å²) >= 11 is 1.98. The third kappa shape index (κ3) is 3.81. The Kier molecular flexibility index (Phi) is 5.43. The Labute approximate surface area is 180 Å². The molecule has 0 amide bonds. The third-order valence-electron chi connectivity index (χ3n) is 6.15. The number of aromatic nitrogens is 5. The second-order valence-electron chi connectivity index (χ2n) is 8.12. The van der Waals surface area contributed by atoms with E-state index in [4.69, 9.17) is 9.15 Å². The molecule has 0 aliphatic carbocycles. The van der Waals surface area contributed by atoms with Crippen LogP contribution in [0.15, 0.2) is 16.7 Å². The van der Waals surface area contributed by atoms with E-state index in [0.717, 1.165) is 64.0 Å². The van der Waals surface area contributed by atoms with Crippen LogP contribution in [-0.4, -0.2) is 49.8 Å². The van der Waals surface area contributed by atoms with Gasteiger partial charge in [-0.2, -0.15) is 0 Å². The second-order valence-corrected chi connectivity index (χ2v) is 9.34. The van der Waals surface area contributed by atoms with Gasteiger partial charge in [-0.1, -0.05) is 19.1 Å². The summed E-state index contributed by atoms with van der Waals surface area (Å²) in [5, 5.41) is 16.6. The fourth-order valence-corrected chi connectivity index (χ4v) is 5.66. The van der Waals surface area contributed by atoms with Crippen molar-refractivity contribution in [2.24, 2.45) is 0 Å². The van der Waals surface area contributed by atoms with Crippen molar-refractivity contribution in [3.05, 3.63) is 45.1 Å². The molecule has 30 heavy (non-hydrogen) atoms. The van der Waals surface area contributed by atoms with Crippen molar-refractivity contribution >= 4 is 11.3 Å². The first-order chi connectivity index (χ1) is 14.7. The average Bonchev–Trinajstić information content (AvgIpc) is 3.50. The molecule has 8 nitrogen and oxygen atoms in total. The van der Waals surface area contributed by atoms with E-state index in [1.54, 1.807) is 9.56 Å². The van der Waals surface area contributed by atoms with Crippen LogP contribution in [-0.2, 0) is 42.7 Å². The zero-order chi connectivity index (χ0) is 20.6. The number of rotatable bonds is 6. The number of thiophene rings is 1. The van der Waals surface area contributed by atoms with Crippen LogP contribution in [0, 0.1) is 0 Å². The van der Waals surface area contributed by atoms with Crippen LogP contribution in [0.3, 0.4) is 0 Å². The minimum absolute atomic E-state index is 0.0828. The number of ether oxygens (including phenoxy) is 1. The topological polar surface area (TPSA) is 82.1 Å². The number of likely N-dealkylation sites (tertiary alicyclic amines) is 1. The summed E-state index contributed by atoms with van der Waals surface area (Å²) in [4.78, 5) is 5.48. The van der Waals surface area contributed by atoms with E-state index in [-0.39, 0.29) is 5.60 Å². The number of hydrogen-bond acceptors (Lipinski definition) is 8. The van der Waals surface area contributed by atoms with Crippen LogP contribution in [0.2, 0.25) is 0 Å². The quantitative estimate of drug-likeness (QED) is 0.597. The maximum atomic E-state index is 6.40. The van der Waals surface area contributed by atoms with Gasteiger partial charge in [0.2, 0.25) is 11.8 Å². The molecule has 0 unspecified atom stereocenters. The first-order valence-electron chi connectivity index (χ1n) is 10.9. The van der Waals surface area contributed by atoms with E-state index in [1.165, 1.54) is 10.4 Å². The zero-order valence-corrected chi connectivity index (χ0v) is 18.5. The molecule has 2 aliphatic heterocycles. The van der Waals surface area contributed by atoms with Crippen molar-refractivity contribution in [3.63, 3.8) is 0 Å². The van der Waals surface area contributed by atoms with Gasteiger partial charge in [0.1, 0.15) is 6.54 Å². The molecule has 1 spiro atoms. The van der Waals surface area contributed by atoms with Crippen LogP contribution >= 0.6 is 11.3 Å². The molecular weight excluding hydrogens is 400 g/mol. The zero-order valence-electron chi connectivity index (χ0n) is 17.6. The molecule has 3 aromatic rings. The van der Waals surface area contributed by atoms with Gasteiger partial charge >= 0.3 is 0 Å². The van der Waals surface area contributed by atoms with Gasteiger partial charge in [0, 0.05) is 42.2 Å². The third-order valence-corrected chi connectivity index (χ3v) is 7.49. The first kappa shape index (κ1) is 19.8. The highest BCUT2D eigenvalue weighted by Crippen LogP contribution is 2.44. The summed E-state index contributed by atoms with van der Waals surface area (Å²) in [5.74, 6) is 1.22. The SMILES string of the molecule is CCc1nnc(Cn2cc(CN3CCC4(CC3)OCCc3sc(CC)cc34)nn2)o1. The molecule has 0 aromatic carbocycles. The van der Waals surface area contributed by atoms with Crippen LogP contribution in [0.1, 0.15) is 59.5 Å². The predicted octanol–water partition coefficient (Wildman–Crippen LogP) is 2.96. The smallest absolute Gasteiger partial charge is 0.237 e. The summed E-state index contributed by atoms with van der Waals surface area (Å²) in [6.45, 7) is 8.35. The fraction of sp³-hybridized carbons (Fsp3) is 0.619. The van der Waals surface area contributed by atoms with Crippen LogP contribution < -0.4 is 0 Å². The summed E-state index contributed by atoms with van der Waals surface area (Å²) < 4.78 is 13.7. The first-order valence-corrected chi connectivity index (χ1v) is 11.7. The van der Waals surface area contributed by atoms with Gasteiger partial charge in [-0.25, -0.2) is 4.68 Å². The Bertz CT molecular complexity index is 1000. The normalized spacial score (nSPS) is 18.7. The molecule has 0 atom stereocenters. The molecular formula is C21H28N6O2S. The summed E-state index contributed by atoms with van der Waals surface area (Å²) in [6, 6.07) is 2.40. The maximum absolute atomic E-state index is 6.40. The van der Waals surface area contributed by atoms with Gasteiger partial charge in [0.05, 0.1) is 24.1 Å².